The third kappa shape index (κ3) is 4.41. The summed E-state index contributed by atoms with van der Waals surface area (Å²) in [4.78, 5) is 14.5. The smallest absolute Gasteiger partial charge is 0.253 e. The lowest BCUT2D eigenvalue weighted by Gasteiger charge is -2.18. The van der Waals surface area contributed by atoms with E-state index in [0.29, 0.717) is 18.7 Å². The Bertz CT molecular complexity index is 915. The van der Waals surface area contributed by atoms with Gasteiger partial charge in [-0.3, -0.25) is 9.48 Å². The molecule has 134 valence electrons. The van der Waals surface area contributed by atoms with Gasteiger partial charge in [-0.25, -0.2) is 0 Å². The number of benzene rings is 2. The Kier molecular flexibility index (Phi) is 5.57. The Balaban J connectivity index is 1.73. The van der Waals surface area contributed by atoms with Crippen molar-refractivity contribution in [1.29, 1.82) is 0 Å². The molecular formula is C21H22BrN3O. The molecule has 1 aromatic heterocycles. The van der Waals surface area contributed by atoms with Crippen LogP contribution < -0.4 is 0 Å². The van der Waals surface area contributed by atoms with Crippen molar-refractivity contribution in [2.45, 2.75) is 26.9 Å². The van der Waals surface area contributed by atoms with Crippen molar-refractivity contribution in [2.24, 2.45) is 0 Å². The molecule has 2 aromatic carbocycles. The van der Waals surface area contributed by atoms with E-state index in [1.807, 2.05) is 74.1 Å². The number of hydrogen-bond donors (Lipinski definition) is 0. The zero-order valence-electron chi connectivity index (χ0n) is 15.2. The summed E-state index contributed by atoms with van der Waals surface area (Å²) >= 11 is 3.43. The average Bonchev–Trinajstić information content (AvgIpc) is 2.93. The molecule has 4 nitrogen and oxygen atoms in total. The summed E-state index contributed by atoms with van der Waals surface area (Å²) in [6.07, 6.45) is 0. The van der Waals surface area contributed by atoms with E-state index in [1.54, 1.807) is 4.90 Å². The molecule has 0 radical (unpaired) electrons. The zero-order chi connectivity index (χ0) is 18.7. The van der Waals surface area contributed by atoms with Gasteiger partial charge < -0.3 is 4.90 Å². The van der Waals surface area contributed by atoms with Crippen molar-refractivity contribution in [3.8, 4) is 0 Å². The van der Waals surface area contributed by atoms with Crippen molar-refractivity contribution in [1.82, 2.24) is 14.7 Å². The van der Waals surface area contributed by atoms with Crippen LogP contribution in [0.4, 0.5) is 0 Å². The Morgan fingerprint density at radius 1 is 1.08 bits per heavy atom. The minimum atomic E-state index is 0.0168. The average molecular weight is 412 g/mol. The molecule has 0 saturated heterocycles. The number of rotatable bonds is 5. The number of halogens is 1. The van der Waals surface area contributed by atoms with Crippen LogP contribution in [-0.4, -0.2) is 27.6 Å². The number of carbonyl (C=O) groups is 1. The highest BCUT2D eigenvalue weighted by Crippen LogP contribution is 2.15. The molecule has 0 atom stereocenters. The number of aromatic nitrogens is 2. The van der Waals surface area contributed by atoms with Gasteiger partial charge in [0.25, 0.3) is 5.91 Å². The van der Waals surface area contributed by atoms with E-state index in [0.717, 1.165) is 27.0 Å². The molecule has 0 spiro atoms. The zero-order valence-corrected chi connectivity index (χ0v) is 16.8. The van der Waals surface area contributed by atoms with Gasteiger partial charge >= 0.3 is 0 Å². The first-order valence-electron chi connectivity index (χ1n) is 8.52. The molecule has 0 N–H and O–H groups in total. The fourth-order valence-corrected chi connectivity index (χ4v) is 3.23. The molecule has 0 aliphatic carbocycles. The molecule has 0 aliphatic heterocycles. The maximum atomic E-state index is 12.8. The second-order valence-corrected chi connectivity index (χ2v) is 7.49. The van der Waals surface area contributed by atoms with Crippen LogP contribution in [0.25, 0.3) is 0 Å². The van der Waals surface area contributed by atoms with Crippen molar-refractivity contribution >= 4 is 21.8 Å². The van der Waals surface area contributed by atoms with Crippen molar-refractivity contribution in [2.75, 3.05) is 7.05 Å². The summed E-state index contributed by atoms with van der Waals surface area (Å²) in [5.41, 5.74) is 4.99. The molecule has 0 saturated carbocycles. The van der Waals surface area contributed by atoms with E-state index in [1.165, 1.54) is 0 Å². The Hall–Kier alpha value is -2.40. The minimum absolute atomic E-state index is 0.0168. The van der Waals surface area contributed by atoms with E-state index < -0.39 is 0 Å². The largest absolute Gasteiger partial charge is 0.337 e. The number of aryl methyl sites for hydroxylation is 2. The van der Waals surface area contributed by atoms with Crippen LogP contribution in [0.2, 0.25) is 0 Å². The van der Waals surface area contributed by atoms with Crippen LogP contribution >= 0.6 is 15.9 Å². The molecule has 1 amide bonds. The Morgan fingerprint density at radius 3 is 2.46 bits per heavy atom. The Labute approximate surface area is 162 Å². The van der Waals surface area contributed by atoms with E-state index in [4.69, 9.17) is 0 Å². The minimum Gasteiger partial charge on any atom is -0.337 e. The topological polar surface area (TPSA) is 38.1 Å². The van der Waals surface area contributed by atoms with Gasteiger partial charge in [-0.2, -0.15) is 5.10 Å². The molecule has 26 heavy (non-hydrogen) atoms. The molecule has 0 aliphatic rings. The molecule has 3 rings (SSSR count). The predicted molar refractivity (Wildman–Crippen MR) is 107 cm³/mol. The first-order chi connectivity index (χ1) is 12.4. The second-order valence-electron chi connectivity index (χ2n) is 6.57. The van der Waals surface area contributed by atoms with E-state index in [9.17, 15) is 4.79 Å². The maximum Gasteiger partial charge on any atom is 0.253 e. The fourth-order valence-electron chi connectivity index (χ4n) is 2.97. The van der Waals surface area contributed by atoms with Crippen LogP contribution in [0.15, 0.2) is 59.1 Å². The third-order valence-corrected chi connectivity index (χ3v) is 4.82. The van der Waals surface area contributed by atoms with Gasteiger partial charge in [0.15, 0.2) is 0 Å². The normalized spacial score (nSPS) is 10.8. The summed E-state index contributed by atoms with van der Waals surface area (Å²) in [7, 11) is 1.83. The van der Waals surface area contributed by atoms with Crippen LogP contribution in [0.3, 0.4) is 0 Å². The van der Waals surface area contributed by atoms with Crippen LogP contribution in [0.5, 0.6) is 0 Å². The van der Waals surface area contributed by atoms with Crippen molar-refractivity contribution < 1.29 is 4.79 Å². The lowest BCUT2D eigenvalue weighted by atomic mass is 10.1. The molecular weight excluding hydrogens is 390 g/mol. The van der Waals surface area contributed by atoms with Crippen LogP contribution in [0, 0.1) is 13.8 Å². The third-order valence-electron chi connectivity index (χ3n) is 4.29. The maximum absolute atomic E-state index is 12.8. The SMILES string of the molecule is Cc1cc(C)n(Cc2cccc(C(=O)N(C)Cc3ccc(Br)cc3)c2)n1. The lowest BCUT2D eigenvalue weighted by molar-refractivity contribution is 0.0785. The van der Waals surface area contributed by atoms with Crippen molar-refractivity contribution in [3.63, 3.8) is 0 Å². The van der Waals surface area contributed by atoms with Crippen molar-refractivity contribution in [3.05, 3.63) is 87.1 Å². The Morgan fingerprint density at radius 2 is 1.81 bits per heavy atom. The van der Waals surface area contributed by atoms with Gasteiger partial charge in [0.2, 0.25) is 0 Å². The van der Waals surface area contributed by atoms with Gasteiger partial charge in [0.1, 0.15) is 0 Å². The monoisotopic (exact) mass is 411 g/mol. The second kappa shape index (κ2) is 7.87. The number of nitrogens with zero attached hydrogens (tertiary/aromatic N) is 3. The number of amides is 1. The summed E-state index contributed by atoms with van der Waals surface area (Å²) in [5, 5.41) is 4.50. The quantitative estimate of drug-likeness (QED) is 0.615. The fraction of sp³-hybridized carbons (Fsp3) is 0.238. The number of carbonyl (C=O) groups excluding carboxylic acids is 1. The van der Waals surface area contributed by atoms with Gasteiger partial charge in [-0.15, -0.1) is 0 Å². The summed E-state index contributed by atoms with van der Waals surface area (Å²) in [6.45, 7) is 5.27. The van der Waals surface area contributed by atoms with Gasteiger partial charge in [0.05, 0.1) is 12.2 Å². The highest BCUT2D eigenvalue weighted by molar-refractivity contribution is 9.10. The van der Waals surface area contributed by atoms with E-state index >= 15 is 0 Å². The van der Waals surface area contributed by atoms with Crippen LogP contribution in [-0.2, 0) is 13.1 Å². The lowest BCUT2D eigenvalue weighted by Crippen LogP contribution is -2.26. The van der Waals surface area contributed by atoms with Gasteiger partial charge in [-0.05, 0) is 55.3 Å². The first-order valence-corrected chi connectivity index (χ1v) is 9.31. The van der Waals surface area contributed by atoms with Gasteiger partial charge in [-0.1, -0.05) is 40.2 Å². The summed E-state index contributed by atoms with van der Waals surface area (Å²) in [6, 6.07) is 17.9. The highest BCUT2D eigenvalue weighted by Gasteiger charge is 2.13. The first kappa shape index (κ1) is 18.4. The summed E-state index contributed by atoms with van der Waals surface area (Å²) < 4.78 is 3.00. The van der Waals surface area contributed by atoms with E-state index in [-0.39, 0.29) is 5.91 Å². The van der Waals surface area contributed by atoms with Gasteiger partial charge in [0, 0.05) is 29.3 Å². The van der Waals surface area contributed by atoms with E-state index in [2.05, 4.69) is 27.1 Å². The molecule has 0 bridgehead atoms. The predicted octanol–water partition coefficient (Wildman–Crippen LogP) is 4.58. The summed E-state index contributed by atoms with van der Waals surface area (Å²) in [5.74, 6) is 0.0168. The standard InChI is InChI=1S/C21H22BrN3O/c1-15-11-16(2)25(23-15)14-18-5-4-6-19(12-18)21(26)24(3)13-17-7-9-20(22)10-8-17/h4-12H,13-14H2,1-3H3. The highest BCUT2D eigenvalue weighted by atomic mass is 79.9. The van der Waals surface area contributed by atoms with Crippen LogP contribution in [0.1, 0.15) is 32.9 Å². The molecule has 1 heterocycles. The number of hydrogen-bond acceptors (Lipinski definition) is 2. The molecule has 0 fully saturated rings. The molecule has 3 aromatic rings. The molecule has 5 heteroatoms. The molecule has 0 unspecified atom stereocenters.